The van der Waals surface area contributed by atoms with Crippen molar-refractivity contribution in [2.45, 2.75) is 108 Å². The molecule has 7 heteroatoms. The number of hydrogen-bond acceptors (Lipinski definition) is 5. The molecule has 27 heavy (non-hydrogen) atoms. The number of amides is 1. The van der Waals surface area contributed by atoms with E-state index in [1.165, 1.54) is 50.0 Å². The molecule has 2 fully saturated rings. The molecule has 2 N–H and O–H groups in total. The van der Waals surface area contributed by atoms with Crippen molar-refractivity contribution in [3.8, 4) is 0 Å². The largest absolute Gasteiger partial charge is 0.460 e. The molecule has 0 bridgehead atoms. The number of nitrogens with two attached hydrogens (primary N) is 1. The first-order chi connectivity index (χ1) is 13.1. The monoisotopic (exact) mass is 378 g/mol. The van der Waals surface area contributed by atoms with E-state index in [0.29, 0.717) is 13.0 Å². The number of esters is 1. The third kappa shape index (κ3) is 8.65. The molecular formula is C20H35BN2O4. The predicted molar refractivity (Wildman–Crippen MR) is 105 cm³/mol. The van der Waals surface area contributed by atoms with Gasteiger partial charge in [0.25, 0.3) is 0 Å². The number of carbonyl (C=O) groups is 2. The fourth-order valence-electron chi connectivity index (χ4n) is 3.91. The van der Waals surface area contributed by atoms with E-state index in [2.05, 4.69) is 0 Å². The predicted octanol–water partition coefficient (Wildman–Crippen LogP) is 2.97. The normalized spacial score (nSPS) is 26.0. The van der Waals surface area contributed by atoms with Gasteiger partial charge in [-0.2, -0.15) is 0 Å². The second-order valence-electron chi connectivity index (χ2n) is 7.93. The number of hydrogen-bond donors (Lipinski definition) is 1. The van der Waals surface area contributed by atoms with E-state index in [1.54, 1.807) is 0 Å². The van der Waals surface area contributed by atoms with Crippen LogP contribution in [0.3, 0.4) is 0 Å². The van der Waals surface area contributed by atoms with E-state index in [9.17, 15) is 9.59 Å². The summed E-state index contributed by atoms with van der Waals surface area (Å²) >= 11 is 0. The van der Waals surface area contributed by atoms with E-state index in [1.807, 2.05) is 0 Å². The SMILES string of the molecule is [B][C@H]1CC(OC(=O)CCC(=O)N(N)C2CCCCCCCCCCC2)CO1. The standard InChI is InChI=1S/C20H35BN2O4/c21-18-14-17(15-26-18)27-20(25)13-12-19(24)23(22)16-10-8-6-4-2-1-3-5-7-9-11-16/h16-18H,1-15,22H2/t17?,18-/m1/s1. The van der Waals surface area contributed by atoms with Crippen molar-refractivity contribution in [3.63, 3.8) is 0 Å². The van der Waals surface area contributed by atoms with E-state index >= 15 is 0 Å². The third-order valence-electron chi connectivity index (χ3n) is 5.59. The van der Waals surface area contributed by atoms with Crippen LogP contribution >= 0.6 is 0 Å². The summed E-state index contributed by atoms with van der Waals surface area (Å²) in [5.74, 6) is 5.57. The first-order valence-electron chi connectivity index (χ1n) is 10.7. The van der Waals surface area contributed by atoms with Gasteiger partial charge in [-0.1, -0.05) is 57.8 Å². The topological polar surface area (TPSA) is 81.9 Å². The van der Waals surface area contributed by atoms with Gasteiger partial charge in [-0.3, -0.25) is 14.6 Å². The third-order valence-corrected chi connectivity index (χ3v) is 5.59. The van der Waals surface area contributed by atoms with Crippen LogP contribution in [0.4, 0.5) is 0 Å². The summed E-state index contributed by atoms with van der Waals surface area (Å²) in [5.41, 5.74) is 0. The molecule has 0 aromatic rings. The van der Waals surface area contributed by atoms with Crippen LogP contribution in [0.25, 0.3) is 0 Å². The van der Waals surface area contributed by atoms with Gasteiger partial charge in [-0.05, 0) is 12.8 Å². The number of nitrogens with zero attached hydrogens (tertiary/aromatic N) is 1. The summed E-state index contributed by atoms with van der Waals surface area (Å²) in [6, 6.07) is -0.292. The molecule has 2 rings (SSSR count). The van der Waals surface area contributed by atoms with Crippen molar-refractivity contribution < 1.29 is 19.1 Å². The summed E-state index contributed by atoms with van der Waals surface area (Å²) in [6.45, 7) is 0.325. The molecule has 152 valence electrons. The summed E-state index contributed by atoms with van der Waals surface area (Å²) in [4.78, 5) is 24.4. The number of rotatable bonds is 5. The first-order valence-corrected chi connectivity index (χ1v) is 10.7. The van der Waals surface area contributed by atoms with Gasteiger partial charge in [0.15, 0.2) is 0 Å². The zero-order chi connectivity index (χ0) is 19.5. The molecule has 1 amide bonds. The fourth-order valence-corrected chi connectivity index (χ4v) is 3.91. The number of carbonyl (C=O) groups excluding carboxylic acids is 2. The van der Waals surface area contributed by atoms with Gasteiger partial charge in [0.1, 0.15) is 14.0 Å². The van der Waals surface area contributed by atoms with E-state index < -0.39 is 5.97 Å². The zero-order valence-electron chi connectivity index (χ0n) is 16.6. The van der Waals surface area contributed by atoms with Crippen LogP contribution in [0.15, 0.2) is 0 Å². The summed E-state index contributed by atoms with van der Waals surface area (Å²) in [7, 11) is 5.62. The van der Waals surface area contributed by atoms with Crippen molar-refractivity contribution >= 4 is 19.7 Å². The van der Waals surface area contributed by atoms with Gasteiger partial charge in [0, 0.05) is 24.9 Å². The Kier molecular flexibility index (Phi) is 10.2. The minimum absolute atomic E-state index is 0.0466. The number of hydrazine groups is 1. The van der Waals surface area contributed by atoms with Crippen LogP contribution in [0.2, 0.25) is 0 Å². The molecule has 0 aromatic carbocycles. The van der Waals surface area contributed by atoms with Gasteiger partial charge in [-0.15, -0.1) is 0 Å². The average Bonchev–Trinajstić information content (AvgIpc) is 3.04. The Balaban J connectivity index is 1.72. The lowest BCUT2D eigenvalue weighted by atomic mass is 9.97. The molecule has 1 heterocycles. The molecule has 2 aliphatic rings. The second kappa shape index (κ2) is 12.4. The Morgan fingerprint density at radius 3 is 2.04 bits per heavy atom. The maximum atomic E-state index is 12.5. The van der Waals surface area contributed by atoms with Crippen LogP contribution in [0.5, 0.6) is 0 Å². The quantitative estimate of drug-likeness (QED) is 0.262. The van der Waals surface area contributed by atoms with Crippen LogP contribution < -0.4 is 5.84 Å². The molecule has 0 spiro atoms. The van der Waals surface area contributed by atoms with Crippen molar-refractivity contribution in [3.05, 3.63) is 0 Å². The van der Waals surface area contributed by atoms with Crippen molar-refractivity contribution in [2.75, 3.05) is 6.61 Å². The van der Waals surface area contributed by atoms with Crippen LogP contribution in [-0.4, -0.2) is 49.5 Å². The van der Waals surface area contributed by atoms with E-state index in [4.69, 9.17) is 23.2 Å². The molecule has 1 unspecified atom stereocenters. The molecule has 1 saturated heterocycles. The van der Waals surface area contributed by atoms with Crippen LogP contribution in [0, 0.1) is 0 Å². The van der Waals surface area contributed by atoms with Gasteiger partial charge in [-0.25, -0.2) is 5.84 Å². The van der Waals surface area contributed by atoms with Gasteiger partial charge < -0.3 is 9.47 Å². The molecule has 1 saturated carbocycles. The van der Waals surface area contributed by atoms with Crippen LogP contribution in [0.1, 0.15) is 89.9 Å². The smallest absolute Gasteiger partial charge is 0.306 e. The minimum Gasteiger partial charge on any atom is -0.460 e. The molecular weight excluding hydrogens is 343 g/mol. The highest BCUT2D eigenvalue weighted by molar-refractivity contribution is 6.11. The Morgan fingerprint density at radius 2 is 1.52 bits per heavy atom. The Labute approximate surface area is 164 Å². The minimum atomic E-state index is -0.391. The second-order valence-corrected chi connectivity index (χ2v) is 7.93. The average molecular weight is 378 g/mol. The molecule has 6 nitrogen and oxygen atoms in total. The lowest BCUT2D eigenvalue weighted by Gasteiger charge is -2.28. The van der Waals surface area contributed by atoms with Gasteiger partial charge >= 0.3 is 5.97 Å². The maximum absolute atomic E-state index is 12.5. The Morgan fingerprint density at radius 1 is 0.963 bits per heavy atom. The lowest BCUT2D eigenvalue weighted by molar-refractivity contribution is -0.151. The maximum Gasteiger partial charge on any atom is 0.306 e. The van der Waals surface area contributed by atoms with E-state index in [-0.39, 0.29) is 36.9 Å². The summed E-state index contributed by atoms with van der Waals surface area (Å²) < 4.78 is 10.5. The molecule has 0 aromatic heterocycles. The summed E-state index contributed by atoms with van der Waals surface area (Å²) in [5, 5.41) is 1.38. The molecule has 2 radical (unpaired) electrons. The van der Waals surface area contributed by atoms with Crippen molar-refractivity contribution in [2.24, 2.45) is 5.84 Å². The van der Waals surface area contributed by atoms with E-state index in [0.717, 1.165) is 25.7 Å². The number of ether oxygens (including phenoxy) is 2. The van der Waals surface area contributed by atoms with Crippen molar-refractivity contribution in [1.82, 2.24) is 5.01 Å². The van der Waals surface area contributed by atoms with Gasteiger partial charge in [0.05, 0.1) is 13.0 Å². The lowest BCUT2D eigenvalue weighted by Crippen LogP contribution is -2.45. The van der Waals surface area contributed by atoms with Gasteiger partial charge in [0.2, 0.25) is 5.91 Å². The summed E-state index contributed by atoms with van der Waals surface area (Å²) in [6.07, 6.45) is 13.4. The Hall–Kier alpha value is -1.08. The first kappa shape index (κ1) is 22.2. The fraction of sp³-hybridized carbons (Fsp3) is 0.900. The molecule has 1 aliphatic heterocycles. The zero-order valence-corrected chi connectivity index (χ0v) is 16.6. The highest BCUT2D eigenvalue weighted by Crippen LogP contribution is 2.20. The highest BCUT2D eigenvalue weighted by atomic mass is 16.6. The molecule has 2 atom stereocenters. The van der Waals surface area contributed by atoms with Crippen molar-refractivity contribution in [1.29, 1.82) is 0 Å². The Bertz CT molecular complexity index is 451. The molecule has 1 aliphatic carbocycles. The van der Waals surface area contributed by atoms with Crippen LogP contribution in [-0.2, 0) is 19.1 Å². The highest BCUT2D eigenvalue weighted by Gasteiger charge is 2.26.